The molecule has 5 heteroatoms. The van der Waals surface area contributed by atoms with Crippen molar-refractivity contribution in [3.05, 3.63) is 0 Å². The predicted molar refractivity (Wildman–Crippen MR) is 84.2 cm³/mol. The van der Waals surface area contributed by atoms with Gasteiger partial charge in [-0.2, -0.15) is 0 Å². The van der Waals surface area contributed by atoms with Gasteiger partial charge in [-0.25, -0.2) is 4.79 Å². The molecule has 0 aromatic rings. The lowest BCUT2D eigenvalue weighted by Gasteiger charge is -2.44. The van der Waals surface area contributed by atoms with Gasteiger partial charge in [0.2, 0.25) is 0 Å². The number of alkyl carbamates (subject to hydrolysis) is 1. The summed E-state index contributed by atoms with van der Waals surface area (Å²) >= 11 is 0. The van der Waals surface area contributed by atoms with E-state index in [-0.39, 0.29) is 11.6 Å². The van der Waals surface area contributed by atoms with Crippen LogP contribution in [-0.4, -0.2) is 35.9 Å². The molecule has 2 saturated carbocycles. The molecular weight excluding hydrogens is 266 g/mol. The van der Waals surface area contributed by atoms with Crippen LogP contribution < -0.4 is 16.4 Å². The Morgan fingerprint density at radius 1 is 1.29 bits per heavy atom. The fraction of sp³-hybridized carbons (Fsp3) is 0.938. The number of carbonyl (C=O) groups excluding carboxylic acids is 1. The number of rotatable bonds is 4. The maximum absolute atomic E-state index is 12.0. The van der Waals surface area contributed by atoms with Crippen molar-refractivity contribution in [3.63, 3.8) is 0 Å². The number of nitrogens with one attached hydrogen (secondary N) is 2. The molecule has 0 spiro atoms. The summed E-state index contributed by atoms with van der Waals surface area (Å²) in [6.07, 6.45) is 7.49. The second-order valence-electron chi connectivity index (χ2n) is 7.77. The van der Waals surface area contributed by atoms with Gasteiger partial charge < -0.3 is 21.1 Å². The Labute approximate surface area is 128 Å². The summed E-state index contributed by atoms with van der Waals surface area (Å²) in [4.78, 5) is 12.0. The Balaban J connectivity index is 1.79. The molecule has 1 amide bonds. The highest BCUT2D eigenvalue weighted by Gasteiger charge is 2.39. The van der Waals surface area contributed by atoms with Crippen LogP contribution in [0.4, 0.5) is 4.79 Å². The van der Waals surface area contributed by atoms with Crippen LogP contribution in [0.25, 0.3) is 0 Å². The Bertz CT molecular complexity index is 361. The van der Waals surface area contributed by atoms with Gasteiger partial charge in [0, 0.05) is 18.6 Å². The summed E-state index contributed by atoms with van der Waals surface area (Å²) in [5, 5.41) is 6.70. The lowest BCUT2D eigenvalue weighted by atomic mass is 9.76. The van der Waals surface area contributed by atoms with Crippen molar-refractivity contribution >= 4 is 6.09 Å². The van der Waals surface area contributed by atoms with Gasteiger partial charge in [0.25, 0.3) is 0 Å². The topological polar surface area (TPSA) is 76.4 Å². The van der Waals surface area contributed by atoms with Gasteiger partial charge in [0.15, 0.2) is 0 Å². The van der Waals surface area contributed by atoms with Gasteiger partial charge in [-0.1, -0.05) is 6.42 Å². The molecule has 2 rings (SSSR count). The van der Waals surface area contributed by atoms with Crippen LogP contribution in [0.3, 0.4) is 0 Å². The van der Waals surface area contributed by atoms with E-state index in [0.717, 1.165) is 32.2 Å². The lowest BCUT2D eigenvalue weighted by molar-refractivity contribution is 0.0376. The molecule has 2 fully saturated rings. The average molecular weight is 297 g/mol. The smallest absolute Gasteiger partial charge is 0.408 e. The molecule has 2 aliphatic rings. The molecule has 122 valence electrons. The molecule has 0 aromatic carbocycles. The molecule has 2 aliphatic carbocycles. The quantitative estimate of drug-likeness (QED) is 0.744. The number of hydrogen-bond donors (Lipinski definition) is 3. The van der Waals surface area contributed by atoms with Gasteiger partial charge in [-0.3, -0.25) is 0 Å². The zero-order valence-corrected chi connectivity index (χ0v) is 13.7. The summed E-state index contributed by atoms with van der Waals surface area (Å²) in [6, 6.07) is 0.819. The maximum atomic E-state index is 12.0. The lowest BCUT2D eigenvalue weighted by Crippen LogP contribution is -2.61. The molecule has 0 heterocycles. The molecule has 0 saturated heterocycles. The monoisotopic (exact) mass is 297 g/mol. The minimum Gasteiger partial charge on any atom is -0.444 e. The van der Waals surface area contributed by atoms with Gasteiger partial charge in [-0.15, -0.1) is 0 Å². The van der Waals surface area contributed by atoms with Crippen molar-refractivity contribution in [3.8, 4) is 0 Å². The fourth-order valence-corrected chi connectivity index (χ4v) is 3.22. The van der Waals surface area contributed by atoms with Crippen LogP contribution >= 0.6 is 0 Å². The number of carbonyl (C=O) groups is 1. The van der Waals surface area contributed by atoms with Crippen LogP contribution in [-0.2, 0) is 4.74 Å². The van der Waals surface area contributed by atoms with Gasteiger partial charge in [0.05, 0.1) is 5.54 Å². The highest BCUT2D eigenvalue weighted by atomic mass is 16.6. The zero-order valence-electron chi connectivity index (χ0n) is 13.7. The summed E-state index contributed by atoms with van der Waals surface area (Å²) in [7, 11) is 0. The fourth-order valence-electron chi connectivity index (χ4n) is 3.22. The Kier molecular flexibility index (Phi) is 5.15. The third-order valence-electron chi connectivity index (χ3n) is 4.52. The molecule has 2 atom stereocenters. The SMILES string of the molecule is CC(C)(C)OC(=O)NC1(CNC2CCCC(N)C2)CCC1. The first kappa shape index (κ1) is 16.6. The molecule has 0 radical (unpaired) electrons. The van der Waals surface area contributed by atoms with E-state index in [2.05, 4.69) is 10.6 Å². The van der Waals surface area contributed by atoms with Gasteiger partial charge >= 0.3 is 6.09 Å². The third kappa shape index (κ3) is 5.15. The van der Waals surface area contributed by atoms with Crippen LogP contribution in [0.5, 0.6) is 0 Å². The Hall–Kier alpha value is -0.810. The number of hydrogen-bond acceptors (Lipinski definition) is 4. The number of amides is 1. The van der Waals surface area contributed by atoms with E-state index in [9.17, 15) is 4.79 Å². The van der Waals surface area contributed by atoms with Crippen LogP contribution in [0.15, 0.2) is 0 Å². The standard InChI is InChI=1S/C16H31N3O2/c1-15(2,3)21-14(20)19-16(8-5-9-16)11-18-13-7-4-6-12(17)10-13/h12-13,18H,4-11,17H2,1-3H3,(H,19,20). The first-order valence-corrected chi connectivity index (χ1v) is 8.28. The summed E-state index contributed by atoms with van der Waals surface area (Å²) in [5.74, 6) is 0. The van der Waals surface area contributed by atoms with E-state index >= 15 is 0 Å². The van der Waals surface area contributed by atoms with Crippen molar-refractivity contribution in [2.45, 2.75) is 88.9 Å². The molecule has 5 nitrogen and oxygen atoms in total. The summed E-state index contributed by atoms with van der Waals surface area (Å²) < 4.78 is 5.38. The van der Waals surface area contributed by atoms with Gasteiger partial charge in [0.1, 0.15) is 5.60 Å². The molecule has 21 heavy (non-hydrogen) atoms. The second-order valence-corrected chi connectivity index (χ2v) is 7.77. The van der Waals surface area contributed by atoms with Crippen molar-refractivity contribution in [1.29, 1.82) is 0 Å². The van der Waals surface area contributed by atoms with E-state index in [1.54, 1.807) is 0 Å². The van der Waals surface area contributed by atoms with Crippen LogP contribution in [0.1, 0.15) is 65.7 Å². The van der Waals surface area contributed by atoms with E-state index < -0.39 is 5.60 Å². The normalized spacial score (nSPS) is 28.6. The maximum Gasteiger partial charge on any atom is 0.408 e. The van der Waals surface area contributed by atoms with E-state index in [0.29, 0.717) is 12.1 Å². The predicted octanol–water partition coefficient (Wildman–Crippen LogP) is 2.29. The molecular formula is C16H31N3O2. The van der Waals surface area contributed by atoms with Crippen molar-refractivity contribution in [2.75, 3.05) is 6.54 Å². The molecule has 4 N–H and O–H groups in total. The summed E-state index contributed by atoms with van der Waals surface area (Å²) in [6.45, 7) is 6.49. The number of nitrogens with two attached hydrogens (primary N) is 1. The van der Waals surface area contributed by atoms with E-state index in [1.165, 1.54) is 19.3 Å². The Morgan fingerprint density at radius 2 is 2.00 bits per heavy atom. The van der Waals surface area contributed by atoms with Gasteiger partial charge in [-0.05, 0) is 59.3 Å². The first-order valence-electron chi connectivity index (χ1n) is 8.28. The highest BCUT2D eigenvalue weighted by Crippen LogP contribution is 2.32. The van der Waals surface area contributed by atoms with E-state index in [1.807, 2.05) is 20.8 Å². The third-order valence-corrected chi connectivity index (χ3v) is 4.52. The molecule has 0 aromatic heterocycles. The first-order chi connectivity index (χ1) is 9.78. The van der Waals surface area contributed by atoms with Crippen molar-refractivity contribution in [1.82, 2.24) is 10.6 Å². The molecule has 0 bridgehead atoms. The van der Waals surface area contributed by atoms with Crippen molar-refractivity contribution < 1.29 is 9.53 Å². The zero-order chi connectivity index (χ0) is 15.5. The largest absolute Gasteiger partial charge is 0.444 e. The van der Waals surface area contributed by atoms with Crippen LogP contribution in [0, 0.1) is 0 Å². The minimum absolute atomic E-state index is 0.121. The second kappa shape index (κ2) is 6.53. The van der Waals surface area contributed by atoms with Crippen LogP contribution in [0.2, 0.25) is 0 Å². The Morgan fingerprint density at radius 3 is 2.52 bits per heavy atom. The van der Waals surface area contributed by atoms with Crippen molar-refractivity contribution in [2.24, 2.45) is 5.73 Å². The van der Waals surface area contributed by atoms with E-state index in [4.69, 9.17) is 10.5 Å². The average Bonchev–Trinajstić information content (AvgIpc) is 2.30. The number of ether oxygens (including phenoxy) is 1. The summed E-state index contributed by atoms with van der Waals surface area (Å²) in [5.41, 5.74) is 5.46. The minimum atomic E-state index is -0.446. The highest BCUT2D eigenvalue weighted by molar-refractivity contribution is 5.69. The molecule has 0 aliphatic heterocycles. The molecule has 2 unspecified atom stereocenters.